The van der Waals surface area contributed by atoms with Crippen LogP contribution in [0.15, 0.2) is 22.6 Å². The van der Waals surface area contributed by atoms with Gasteiger partial charge in [-0.05, 0) is 49.8 Å². The summed E-state index contributed by atoms with van der Waals surface area (Å²) < 4.78 is 19.4. The van der Waals surface area contributed by atoms with Crippen LogP contribution in [-0.2, 0) is 0 Å². The summed E-state index contributed by atoms with van der Waals surface area (Å²) in [5.41, 5.74) is 4.66. The van der Waals surface area contributed by atoms with Crippen LogP contribution in [-0.4, -0.2) is 0 Å². The van der Waals surface area contributed by atoms with Crippen LogP contribution in [0.5, 0.6) is 0 Å². The first-order valence-corrected chi connectivity index (χ1v) is 7.74. The van der Waals surface area contributed by atoms with Crippen molar-refractivity contribution in [1.82, 2.24) is 5.43 Å². The molecule has 1 aromatic heterocycles. The highest BCUT2D eigenvalue weighted by Crippen LogP contribution is 2.40. The molecule has 3 atom stereocenters. The lowest BCUT2D eigenvalue weighted by Gasteiger charge is -2.32. The van der Waals surface area contributed by atoms with Crippen LogP contribution in [0.4, 0.5) is 4.39 Å². The average molecular weight is 290 g/mol. The summed E-state index contributed by atoms with van der Waals surface area (Å²) in [6, 6.07) is 4.67. The van der Waals surface area contributed by atoms with Gasteiger partial charge in [0, 0.05) is 10.9 Å². The first-order valence-electron chi connectivity index (χ1n) is 7.74. The molecule has 0 spiro atoms. The molecule has 0 bridgehead atoms. The Hall–Kier alpha value is -1.39. The van der Waals surface area contributed by atoms with Crippen molar-refractivity contribution in [3.63, 3.8) is 0 Å². The van der Waals surface area contributed by atoms with Gasteiger partial charge in [0.2, 0.25) is 0 Å². The van der Waals surface area contributed by atoms with E-state index in [1.54, 1.807) is 6.07 Å². The Morgan fingerprint density at radius 3 is 2.90 bits per heavy atom. The molecule has 1 saturated carbocycles. The fourth-order valence-electron chi connectivity index (χ4n) is 3.72. The lowest BCUT2D eigenvalue weighted by molar-refractivity contribution is 0.207. The van der Waals surface area contributed by atoms with Crippen LogP contribution >= 0.6 is 0 Å². The molecule has 0 saturated heterocycles. The van der Waals surface area contributed by atoms with Crippen LogP contribution in [0, 0.1) is 24.6 Å². The van der Waals surface area contributed by atoms with Crippen molar-refractivity contribution >= 4 is 11.0 Å². The van der Waals surface area contributed by atoms with E-state index in [1.165, 1.54) is 25.0 Å². The second-order valence-corrected chi connectivity index (χ2v) is 6.41. The highest BCUT2D eigenvalue weighted by atomic mass is 19.1. The van der Waals surface area contributed by atoms with Crippen LogP contribution < -0.4 is 11.3 Å². The minimum Gasteiger partial charge on any atom is -0.459 e. The van der Waals surface area contributed by atoms with E-state index in [0.717, 1.165) is 41.1 Å². The minimum atomic E-state index is -0.235. The number of aryl methyl sites for hydroxylation is 1. The summed E-state index contributed by atoms with van der Waals surface area (Å²) in [7, 11) is 0. The normalized spacial score (nSPS) is 24.4. The number of nitrogens with one attached hydrogen (secondary N) is 1. The molecule has 0 amide bonds. The van der Waals surface area contributed by atoms with Crippen molar-refractivity contribution in [2.45, 2.75) is 45.6 Å². The lowest BCUT2D eigenvalue weighted by atomic mass is 9.77. The number of hydrogen-bond acceptors (Lipinski definition) is 3. The zero-order chi connectivity index (χ0) is 15.0. The van der Waals surface area contributed by atoms with Crippen molar-refractivity contribution in [2.75, 3.05) is 0 Å². The molecule has 1 fully saturated rings. The topological polar surface area (TPSA) is 51.2 Å². The van der Waals surface area contributed by atoms with Gasteiger partial charge in [-0.1, -0.05) is 19.8 Å². The highest BCUT2D eigenvalue weighted by molar-refractivity contribution is 5.82. The zero-order valence-electron chi connectivity index (χ0n) is 12.7. The molecule has 1 heterocycles. The van der Waals surface area contributed by atoms with Gasteiger partial charge in [-0.25, -0.2) is 9.82 Å². The van der Waals surface area contributed by atoms with Gasteiger partial charge < -0.3 is 4.42 Å². The fraction of sp³-hybridized carbons (Fsp3) is 0.529. The molecule has 3 nitrogen and oxygen atoms in total. The van der Waals surface area contributed by atoms with Crippen molar-refractivity contribution in [3.8, 4) is 0 Å². The van der Waals surface area contributed by atoms with E-state index in [1.807, 2.05) is 6.92 Å². The van der Waals surface area contributed by atoms with Gasteiger partial charge in [0.05, 0.1) is 6.04 Å². The van der Waals surface area contributed by atoms with Crippen molar-refractivity contribution in [1.29, 1.82) is 0 Å². The number of benzene rings is 1. The molecule has 0 aliphatic heterocycles. The van der Waals surface area contributed by atoms with E-state index >= 15 is 0 Å². The molecule has 3 rings (SSSR count). The number of nitrogens with two attached hydrogens (primary N) is 1. The maximum absolute atomic E-state index is 13.4. The predicted molar refractivity (Wildman–Crippen MR) is 82.1 cm³/mol. The maximum atomic E-state index is 13.4. The molecule has 3 N–H and O–H groups in total. The summed E-state index contributed by atoms with van der Waals surface area (Å²) >= 11 is 0. The van der Waals surface area contributed by atoms with E-state index < -0.39 is 0 Å². The number of fused-ring (bicyclic) bond motifs is 1. The largest absolute Gasteiger partial charge is 0.459 e. The molecule has 21 heavy (non-hydrogen) atoms. The second kappa shape index (κ2) is 5.78. The van der Waals surface area contributed by atoms with Crippen LogP contribution in [0.2, 0.25) is 0 Å². The predicted octanol–water partition coefficient (Wildman–Crippen LogP) is 4.21. The summed E-state index contributed by atoms with van der Waals surface area (Å²) in [5, 5.41) is 0.842. The molecule has 1 aliphatic rings. The Labute approximate surface area is 124 Å². The molecular formula is C17H23FN2O. The number of hydrogen-bond donors (Lipinski definition) is 2. The van der Waals surface area contributed by atoms with Gasteiger partial charge in [0.25, 0.3) is 0 Å². The van der Waals surface area contributed by atoms with Crippen LogP contribution in [0.1, 0.15) is 50.0 Å². The van der Waals surface area contributed by atoms with Gasteiger partial charge in [0.15, 0.2) is 0 Å². The maximum Gasteiger partial charge on any atom is 0.134 e. The molecule has 4 heteroatoms. The molecular weight excluding hydrogens is 267 g/mol. The monoisotopic (exact) mass is 290 g/mol. The van der Waals surface area contributed by atoms with Gasteiger partial charge in [0.1, 0.15) is 17.2 Å². The number of hydrazine groups is 1. The first kappa shape index (κ1) is 14.5. The Morgan fingerprint density at radius 1 is 1.38 bits per heavy atom. The van der Waals surface area contributed by atoms with Crippen molar-refractivity contribution < 1.29 is 8.81 Å². The van der Waals surface area contributed by atoms with E-state index in [2.05, 4.69) is 12.3 Å². The van der Waals surface area contributed by atoms with E-state index in [-0.39, 0.29) is 11.9 Å². The van der Waals surface area contributed by atoms with Crippen LogP contribution in [0.3, 0.4) is 0 Å². The van der Waals surface area contributed by atoms with Crippen LogP contribution in [0.25, 0.3) is 11.0 Å². The van der Waals surface area contributed by atoms with Gasteiger partial charge >= 0.3 is 0 Å². The lowest BCUT2D eigenvalue weighted by Crippen LogP contribution is -2.35. The van der Waals surface area contributed by atoms with Gasteiger partial charge in [-0.3, -0.25) is 5.84 Å². The third kappa shape index (κ3) is 2.70. The zero-order valence-corrected chi connectivity index (χ0v) is 12.7. The summed E-state index contributed by atoms with van der Waals surface area (Å²) in [4.78, 5) is 0. The van der Waals surface area contributed by atoms with Crippen molar-refractivity contribution in [2.24, 2.45) is 17.7 Å². The molecule has 114 valence electrons. The molecule has 2 aromatic rings. The second-order valence-electron chi connectivity index (χ2n) is 6.41. The SMILES string of the molecule is Cc1c(C(NN)C2CCCC(C)C2)oc2ccc(F)cc12. The van der Waals surface area contributed by atoms with Gasteiger partial charge in [-0.15, -0.1) is 0 Å². The quantitative estimate of drug-likeness (QED) is 0.657. The van der Waals surface area contributed by atoms with Gasteiger partial charge in [-0.2, -0.15) is 0 Å². The molecule has 1 aromatic carbocycles. The average Bonchev–Trinajstić information content (AvgIpc) is 2.77. The number of rotatable bonds is 3. The van der Waals surface area contributed by atoms with Crippen molar-refractivity contribution in [3.05, 3.63) is 35.3 Å². The minimum absolute atomic E-state index is 0.00297. The first-order chi connectivity index (χ1) is 10.1. The number of furan rings is 1. The Morgan fingerprint density at radius 2 is 2.19 bits per heavy atom. The summed E-state index contributed by atoms with van der Waals surface area (Å²) in [5.74, 6) is 7.64. The highest BCUT2D eigenvalue weighted by Gasteiger charge is 2.31. The number of halogens is 1. The molecule has 1 aliphatic carbocycles. The van der Waals surface area contributed by atoms with E-state index in [4.69, 9.17) is 10.3 Å². The Bertz CT molecular complexity index is 637. The Kier molecular flexibility index (Phi) is 4.00. The van der Waals surface area contributed by atoms with E-state index in [9.17, 15) is 4.39 Å². The third-order valence-electron chi connectivity index (χ3n) is 4.85. The Balaban J connectivity index is 1.98. The summed E-state index contributed by atoms with van der Waals surface area (Å²) in [6.45, 7) is 4.28. The smallest absolute Gasteiger partial charge is 0.134 e. The molecule has 3 unspecified atom stereocenters. The summed E-state index contributed by atoms with van der Waals surface area (Å²) in [6.07, 6.45) is 4.83. The van der Waals surface area contributed by atoms with E-state index in [0.29, 0.717) is 5.92 Å². The fourth-order valence-corrected chi connectivity index (χ4v) is 3.72. The standard InChI is InChI=1S/C17H23FN2O/c1-10-4-3-5-12(8-10)16(20-19)17-11(2)14-9-13(18)6-7-15(14)21-17/h6-7,9-10,12,16,20H,3-5,8,19H2,1-2H3. The molecule has 0 radical (unpaired) electrons. The third-order valence-corrected chi connectivity index (χ3v) is 4.85.